The Morgan fingerprint density at radius 3 is 0.955 bits per heavy atom. The summed E-state index contributed by atoms with van der Waals surface area (Å²) in [5.74, 6) is -2.22. The van der Waals surface area contributed by atoms with E-state index < -0.39 is 23.1 Å². The highest BCUT2D eigenvalue weighted by Crippen LogP contribution is 2.54. The van der Waals surface area contributed by atoms with Crippen LogP contribution in [0.25, 0.3) is 0 Å². The minimum absolute atomic E-state index is 0.495. The summed E-state index contributed by atoms with van der Waals surface area (Å²) in [7, 11) is 0. The van der Waals surface area contributed by atoms with Crippen molar-refractivity contribution >= 4 is 0 Å². The summed E-state index contributed by atoms with van der Waals surface area (Å²) < 4.78 is 12.5. The summed E-state index contributed by atoms with van der Waals surface area (Å²) in [5.41, 5.74) is 0. The quantitative estimate of drug-likeness (QED) is 0.639. The van der Waals surface area contributed by atoms with Crippen LogP contribution in [-0.2, 0) is 29.0 Å². The summed E-state index contributed by atoms with van der Waals surface area (Å²) in [6, 6.07) is 0. The van der Waals surface area contributed by atoms with E-state index in [1.165, 1.54) is 0 Å². The summed E-state index contributed by atoms with van der Waals surface area (Å²) in [6.07, 6.45) is 11.2. The predicted molar refractivity (Wildman–Crippen MR) is 72.8 cm³/mol. The lowest BCUT2D eigenvalue weighted by molar-refractivity contribution is -0.380. The van der Waals surface area contributed by atoms with Crippen LogP contribution in [0.3, 0.4) is 0 Å². The molecule has 2 saturated heterocycles. The van der Waals surface area contributed by atoms with Crippen LogP contribution >= 0.6 is 0 Å². The molecule has 0 aromatic heterocycles. The molecule has 0 N–H and O–H groups in total. The Hall–Kier alpha value is -0.240. The van der Waals surface area contributed by atoms with Crippen LogP contribution in [0.2, 0.25) is 0 Å². The Labute approximate surface area is 130 Å². The van der Waals surface area contributed by atoms with Gasteiger partial charge in [0.05, 0.1) is 0 Å². The van der Waals surface area contributed by atoms with Crippen LogP contribution in [0.15, 0.2) is 0 Å². The summed E-state index contributed by atoms with van der Waals surface area (Å²) >= 11 is 0. The van der Waals surface area contributed by atoms with E-state index in [9.17, 15) is 0 Å². The molecule has 0 aromatic carbocycles. The number of hydrogen-bond donors (Lipinski definition) is 0. The van der Waals surface area contributed by atoms with E-state index in [0.717, 1.165) is 51.4 Å². The van der Waals surface area contributed by atoms with Gasteiger partial charge in [-0.2, -0.15) is 19.6 Å². The molecule has 2 heterocycles. The van der Waals surface area contributed by atoms with Crippen molar-refractivity contribution in [2.75, 3.05) is 0 Å². The zero-order valence-corrected chi connectivity index (χ0v) is 12.9. The van der Waals surface area contributed by atoms with Gasteiger partial charge in [-0.1, -0.05) is 0 Å². The third-order valence-electron chi connectivity index (χ3n) is 5.94. The topological polar surface area (TPSA) is 55.4 Å². The van der Waals surface area contributed by atoms with Gasteiger partial charge in [0.25, 0.3) is 0 Å². The summed E-state index contributed by atoms with van der Waals surface area (Å²) in [6.45, 7) is 0. The van der Waals surface area contributed by atoms with E-state index in [-0.39, 0.29) is 0 Å². The molecule has 3 aliphatic carbocycles. The van der Waals surface area contributed by atoms with Crippen molar-refractivity contribution in [3.63, 3.8) is 0 Å². The number of ether oxygens (including phenoxy) is 2. The van der Waals surface area contributed by atoms with Crippen molar-refractivity contribution in [2.24, 2.45) is 0 Å². The zero-order chi connectivity index (χ0) is 14.7. The summed E-state index contributed by atoms with van der Waals surface area (Å²) in [4.78, 5) is 22.5. The first-order valence-electron chi connectivity index (χ1n) is 8.79. The Balaban J connectivity index is 1.26. The van der Waals surface area contributed by atoms with Crippen LogP contribution in [0, 0.1) is 0 Å². The lowest BCUT2D eigenvalue weighted by Crippen LogP contribution is -2.46. The average molecular weight is 312 g/mol. The van der Waals surface area contributed by atoms with Crippen LogP contribution in [0.4, 0.5) is 0 Å². The Kier molecular flexibility index (Phi) is 2.99. The molecule has 6 nitrogen and oxygen atoms in total. The van der Waals surface area contributed by atoms with E-state index >= 15 is 0 Å². The summed E-state index contributed by atoms with van der Waals surface area (Å²) in [5, 5.41) is 0. The van der Waals surface area contributed by atoms with Gasteiger partial charge in [-0.25, -0.2) is 0 Å². The Morgan fingerprint density at radius 2 is 0.636 bits per heavy atom. The Morgan fingerprint density at radius 1 is 0.364 bits per heavy atom. The lowest BCUT2D eigenvalue weighted by Gasteiger charge is -2.38. The molecule has 0 bridgehead atoms. The molecule has 0 amide bonds. The molecule has 5 fully saturated rings. The molecule has 5 aliphatic rings. The first-order chi connectivity index (χ1) is 10.7. The molecule has 2 aliphatic heterocycles. The highest BCUT2D eigenvalue weighted by Gasteiger charge is 2.61. The predicted octanol–water partition coefficient (Wildman–Crippen LogP) is 3.45. The minimum atomic E-state index is -0.617. The van der Waals surface area contributed by atoms with Crippen molar-refractivity contribution < 1.29 is 29.0 Å². The second kappa shape index (κ2) is 4.65. The largest absolute Gasteiger partial charge is 0.312 e. The van der Waals surface area contributed by atoms with Crippen molar-refractivity contribution in [2.45, 2.75) is 100 Å². The minimum Gasteiger partial charge on any atom is -0.312 e. The first-order valence-corrected chi connectivity index (χ1v) is 8.79. The van der Waals surface area contributed by atoms with Crippen molar-refractivity contribution in [3.05, 3.63) is 0 Å². The molecule has 0 radical (unpaired) electrons. The SMILES string of the molecule is C1CCC2(C1)OOC1(CCC3(CC1)OOC1(CCCC1)O3)O2. The molecular weight excluding hydrogens is 288 g/mol. The van der Waals surface area contributed by atoms with Crippen LogP contribution in [-0.4, -0.2) is 23.1 Å². The van der Waals surface area contributed by atoms with Crippen LogP contribution < -0.4 is 0 Å². The normalized spacial score (nSPS) is 45.8. The van der Waals surface area contributed by atoms with Gasteiger partial charge in [0.1, 0.15) is 0 Å². The molecule has 0 aromatic rings. The van der Waals surface area contributed by atoms with Crippen LogP contribution in [0.1, 0.15) is 77.0 Å². The molecule has 124 valence electrons. The van der Waals surface area contributed by atoms with Crippen LogP contribution in [0.5, 0.6) is 0 Å². The van der Waals surface area contributed by atoms with Gasteiger partial charge < -0.3 is 9.47 Å². The van der Waals surface area contributed by atoms with E-state index in [1.807, 2.05) is 0 Å². The average Bonchev–Trinajstić information content (AvgIpc) is 3.29. The van der Waals surface area contributed by atoms with E-state index in [1.54, 1.807) is 0 Å². The maximum atomic E-state index is 6.26. The fourth-order valence-corrected chi connectivity index (χ4v) is 4.63. The third-order valence-corrected chi connectivity index (χ3v) is 5.94. The van der Waals surface area contributed by atoms with E-state index in [4.69, 9.17) is 29.0 Å². The van der Waals surface area contributed by atoms with Gasteiger partial charge >= 0.3 is 0 Å². The second-order valence-electron chi connectivity index (χ2n) is 7.59. The van der Waals surface area contributed by atoms with Gasteiger partial charge in [0.15, 0.2) is 0 Å². The monoisotopic (exact) mass is 312 g/mol. The Bertz CT molecular complexity index is 402. The van der Waals surface area contributed by atoms with Gasteiger partial charge in [-0.15, -0.1) is 0 Å². The smallest absolute Gasteiger partial charge is 0.205 e. The maximum absolute atomic E-state index is 6.26. The zero-order valence-electron chi connectivity index (χ0n) is 12.9. The second-order valence-corrected chi connectivity index (χ2v) is 7.59. The molecule has 0 unspecified atom stereocenters. The fraction of sp³-hybridized carbons (Fsp3) is 1.00. The molecule has 22 heavy (non-hydrogen) atoms. The van der Waals surface area contributed by atoms with Gasteiger partial charge in [0.2, 0.25) is 23.1 Å². The molecule has 0 atom stereocenters. The third kappa shape index (κ3) is 2.08. The molecule has 4 spiro atoms. The van der Waals surface area contributed by atoms with Crippen molar-refractivity contribution in [1.82, 2.24) is 0 Å². The van der Waals surface area contributed by atoms with Gasteiger partial charge in [0, 0.05) is 51.4 Å². The molecular formula is C16H24O6. The number of hydrogen-bond acceptors (Lipinski definition) is 6. The fourth-order valence-electron chi connectivity index (χ4n) is 4.63. The van der Waals surface area contributed by atoms with Crippen molar-refractivity contribution in [1.29, 1.82) is 0 Å². The van der Waals surface area contributed by atoms with Gasteiger partial charge in [-0.05, 0) is 25.7 Å². The van der Waals surface area contributed by atoms with E-state index in [2.05, 4.69) is 0 Å². The molecule has 3 saturated carbocycles. The molecule has 6 heteroatoms. The highest BCUT2D eigenvalue weighted by molar-refractivity contribution is 4.93. The number of rotatable bonds is 0. The van der Waals surface area contributed by atoms with Gasteiger partial charge in [-0.3, -0.25) is 0 Å². The van der Waals surface area contributed by atoms with E-state index in [0.29, 0.717) is 25.7 Å². The lowest BCUT2D eigenvalue weighted by atomic mass is 9.88. The maximum Gasteiger partial charge on any atom is 0.205 e. The highest BCUT2D eigenvalue weighted by atomic mass is 17.3. The standard InChI is InChI=1S/C16H24O6/c1-2-6-13(5-1)17-15(21-19-13)9-11-16(12-10-15)18-14(20-22-16)7-3-4-8-14/h1-12H2. The van der Waals surface area contributed by atoms with Crippen molar-refractivity contribution in [3.8, 4) is 0 Å². The first kappa shape index (κ1) is 14.1. The molecule has 5 rings (SSSR count).